The van der Waals surface area contributed by atoms with Gasteiger partial charge in [-0.15, -0.1) is 0 Å². The van der Waals surface area contributed by atoms with E-state index >= 15 is 0 Å². The molecule has 1 aromatic heterocycles. The lowest BCUT2D eigenvalue weighted by Crippen LogP contribution is -2.41. The van der Waals surface area contributed by atoms with Crippen molar-refractivity contribution < 1.29 is 9.59 Å². The SMILES string of the molecule is CSc1nc(C)c(CCC(=O)NNC(=O)c2ccccc2Cl)c(C)n1. The summed E-state index contributed by atoms with van der Waals surface area (Å²) in [7, 11) is 0. The molecule has 2 aromatic rings. The van der Waals surface area contributed by atoms with Crippen LogP contribution in [0, 0.1) is 13.8 Å². The average Bonchev–Trinajstić information content (AvgIpc) is 2.59. The quantitative estimate of drug-likeness (QED) is 0.475. The van der Waals surface area contributed by atoms with Crippen molar-refractivity contribution in [3.63, 3.8) is 0 Å². The van der Waals surface area contributed by atoms with Crippen molar-refractivity contribution in [3.05, 3.63) is 51.8 Å². The minimum absolute atomic E-state index is 0.215. The van der Waals surface area contributed by atoms with Gasteiger partial charge in [-0.2, -0.15) is 0 Å². The summed E-state index contributed by atoms with van der Waals surface area (Å²) in [5.41, 5.74) is 7.75. The number of aromatic nitrogens is 2. The topological polar surface area (TPSA) is 84.0 Å². The van der Waals surface area contributed by atoms with E-state index in [-0.39, 0.29) is 12.3 Å². The predicted octanol–water partition coefficient (Wildman–Crippen LogP) is 2.86. The highest BCUT2D eigenvalue weighted by molar-refractivity contribution is 7.98. The van der Waals surface area contributed by atoms with E-state index in [1.165, 1.54) is 11.8 Å². The molecule has 2 amide bonds. The van der Waals surface area contributed by atoms with Crippen LogP contribution >= 0.6 is 23.4 Å². The minimum Gasteiger partial charge on any atom is -0.273 e. The van der Waals surface area contributed by atoms with E-state index < -0.39 is 5.91 Å². The Bertz CT molecular complexity index is 775. The second kappa shape index (κ2) is 8.82. The van der Waals surface area contributed by atoms with Crippen molar-refractivity contribution in [1.29, 1.82) is 0 Å². The summed E-state index contributed by atoms with van der Waals surface area (Å²) in [4.78, 5) is 32.7. The summed E-state index contributed by atoms with van der Waals surface area (Å²) in [5.74, 6) is -0.757. The van der Waals surface area contributed by atoms with Gasteiger partial charge in [-0.1, -0.05) is 35.5 Å². The van der Waals surface area contributed by atoms with E-state index in [2.05, 4.69) is 20.8 Å². The van der Waals surface area contributed by atoms with Gasteiger partial charge in [0.15, 0.2) is 5.16 Å². The lowest BCUT2D eigenvalue weighted by molar-refractivity contribution is -0.121. The highest BCUT2D eigenvalue weighted by atomic mass is 35.5. The summed E-state index contributed by atoms with van der Waals surface area (Å²) >= 11 is 7.43. The molecule has 6 nitrogen and oxygen atoms in total. The third-order valence-corrected chi connectivity index (χ3v) is 4.50. The highest BCUT2D eigenvalue weighted by Gasteiger charge is 2.13. The molecule has 8 heteroatoms. The standard InChI is InChI=1S/C17H19ClN4O2S/c1-10-12(11(2)20-17(19-10)25-3)8-9-15(23)21-22-16(24)13-6-4-5-7-14(13)18/h4-7H,8-9H2,1-3H3,(H,21,23)(H,22,24). The Morgan fingerprint density at radius 2 is 1.76 bits per heavy atom. The summed E-state index contributed by atoms with van der Waals surface area (Å²) in [6.45, 7) is 3.81. The van der Waals surface area contributed by atoms with Gasteiger partial charge in [-0.05, 0) is 44.2 Å². The number of amides is 2. The molecule has 0 saturated heterocycles. The van der Waals surface area contributed by atoms with E-state index in [0.717, 1.165) is 22.1 Å². The van der Waals surface area contributed by atoms with Gasteiger partial charge in [0.25, 0.3) is 5.91 Å². The van der Waals surface area contributed by atoms with Gasteiger partial charge in [0.05, 0.1) is 10.6 Å². The number of rotatable bonds is 5. The normalized spacial score (nSPS) is 10.4. The Hall–Kier alpha value is -2.12. The molecule has 0 unspecified atom stereocenters. The number of nitrogens with one attached hydrogen (secondary N) is 2. The van der Waals surface area contributed by atoms with Crippen LogP contribution in [0.3, 0.4) is 0 Å². The number of nitrogens with zero attached hydrogens (tertiary/aromatic N) is 2. The molecule has 0 atom stereocenters. The fourth-order valence-electron chi connectivity index (χ4n) is 2.30. The molecule has 0 aliphatic carbocycles. The smallest absolute Gasteiger partial charge is 0.271 e. The lowest BCUT2D eigenvalue weighted by atomic mass is 10.1. The zero-order chi connectivity index (χ0) is 18.4. The van der Waals surface area contributed by atoms with Crippen molar-refractivity contribution in [2.24, 2.45) is 0 Å². The maximum atomic E-state index is 12.0. The van der Waals surface area contributed by atoms with E-state index in [9.17, 15) is 9.59 Å². The molecular formula is C17H19ClN4O2S. The first-order valence-corrected chi connectivity index (χ1v) is 9.24. The second-order valence-corrected chi connectivity index (χ2v) is 6.52. The number of hydrazine groups is 1. The van der Waals surface area contributed by atoms with Crippen LogP contribution < -0.4 is 10.9 Å². The zero-order valence-electron chi connectivity index (χ0n) is 14.2. The van der Waals surface area contributed by atoms with Crippen molar-refractivity contribution in [3.8, 4) is 0 Å². The van der Waals surface area contributed by atoms with Gasteiger partial charge in [0, 0.05) is 17.8 Å². The van der Waals surface area contributed by atoms with Crippen molar-refractivity contribution in [2.45, 2.75) is 31.8 Å². The first-order chi connectivity index (χ1) is 11.9. The van der Waals surface area contributed by atoms with Gasteiger partial charge < -0.3 is 0 Å². The molecule has 0 aliphatic rings. The van der Waals surface area contributed by atoms with E-state index in [1.54, 1.807) is 24.3 Å². The van der Waals surface area contributed by atoms with Crippen LogP contribution in [-0.4, -0.2) is 28.0 Å². The Kier molecular flexibility index (Phi) is 6.78. The fraction of sp³-hybridized carbons (Fsp3) is 0.294. The molecular weight excluding hydrogens is 360 g/mol. The lowest BCUT2D eigenvalue weighted by Gasteiger charge is -2.11. The van der Waals surface area contributed by atoms with Crippen molar-refractivity contribution >= 4 is 35.2 Å². The molecule has 25 heavy (non-hydrogen) atoms. The van der Waals surface area contributed by atoms with Gasteiger partial charge in [0.2, 0.25) is 5.91 Å². The highest BCUT2D eigenvalue weighted by Crippen LogP contribution is 2.17. The molecule has 0 aliphatic heterocycles. The van der Waals surface area contributed by atoms with Crippen LogP contribution in [0.1, 0.15) is 33.7 Å². The molecule has 0 saturated carbocycles. The van der Waals surface area contributed by atoms with Crippen LogP contribution in [0.15, 0.2) is 29.4 Å². The number of hydrogen-bond acceptors (Lipinski definition) is 5. The first-order valence-electron chi connectivity index (χ1n) is 7.64. The number of thioether (sulfide) groups is 1. The molecule has 1 heterocycles. The Morgan fingerprint density at radius 3 is 2.36 bits per heavy atom. The maximum absolute atomic E-state index is 12.0. The third-order valence-electron chi connectivity index (χ3n) is 3.62. The molecule has 1 aromatic carbocycles. The number of benzene rings is 1. The van der Waals surface area contributed by atoms with E-state index in [0.29, 0.717) is 17.0 Å². The molecule has 0 radical (unpaired) electrons. The van der Waals surface area contributed by atoms with Crippen LogP contribution in [0.2, 0.25) is 5.02 Å². The molecule has 132 valence electrons. The summed E-state index contributed by atoms with van der Waals surface area (Å²) in [6.07, 6.45) is 2.63. The largest absolute Gasteiger partial charge is 0.273 e. The molecule has 2 rings (SSSR count). The van der Waals surface area contributed by atoms with Crippen LogP contribution in [0.4, 0.5) is 0 Å². The Morgan fingerprint density at radius 1 is 1.12 bits per heavy atom. The van der Waals surface area contributed by atoms with Gasteiger partial charge in [-0.3, -0.25) is 20.4 Å². The van der Waals surface area contributed by atoms with Gasteiger partial charge in [-0.25, -0.2) is 9.97 Å². The van der Waals surface area contributed by atoms with Crippen LogP contribution in [0.25, 0.3) is 0 Å². The number of aryl methyl sites for hydroxylation is 2. The molecule has 0 fully saturated rings. The number of carbonyl (C=O) groups excluding carboxylic acids is 2. The van der Waals surface area contributed by atoms with Crippen molar-refractivity contribution in [2.75, 3.05) is 6.26 Å². The molecule has 2 N–H and O–H groups in total. The van der Waals surface area contributed by atoms with E-state index in [1.807, 2.05) is 20.1 Å². The summed E-state index contributed by atoms with van der Waals surface area (Å²) in [6, 6.07) is 6.63. The van der Waals surface area contributed by atoms with Crippen LogP contribution in [-0.2, 0) is 11.2 Å². The number of halogens is 1. The Labute approximate surface area is 155 Å². The van der Waals surface area contributed by atoms with Crippen LogP contribution in [0.5, 0.6) is 0 Å². The first kappa shape index (κ1) is 19.2. The fourth-order valence-corrected chi connectivity index (χ4v) is 2.98. The number of carbonyl (C=O) groups is 2. The monoisotopic (exact) mass is 378 g/mol. The summed E-state index contributed by atoms with van der Waals surface area (Å²) < 4.78 is 0. The van der Waals surface area contributed by atoms with Gasteiger partial charge in [0.1, 0.15) is 0 Å². The molecule has 0 spiro atoms. The predicted molar refractivity (Wildman–Crippen MR) is 98.7 cm³/mol. The van der Waals surface area contributed by atoms with Gasteiger partial charge >= 0.3 is 0 Å². The van der Waals surface area contributed by atoms with Crippen molar-refractivity contribution in [1.82, 2.24) is 20.8 Å². The third kappa shape index (κ3) is 5.17. The average molecular weight is 379 g/mol. The minimum atomic E-state index is -0.459. The number of hydrogen-bond donors (Lipinski definition) is 2. The molecule has 0 bridgehead atoms. The van der Waals surface area contributed by atoms with E-state index in [4.69, 9.17) is 11.6 Å². The second-order valence-electron chi connectivity index (χ2n) is 5.34. The maximum Gasteiger partial charge on any atom is 0.271 e. The zero-order valence-corrected chi connectivity index (χ0v) is 15.8. The summed E-state index contributed by atoms with van der Waals surface area (Å²) in [5, 5.41) is 1.04. The Balaban J connectivity index is 1.89.